The molecule has 0 atom stereocenters. The van der Waals surface area contributed by atoms with Gasteiger partial charge < -0.3 is 10.2 Å². The molecule has 1 fully saturated rings. The van der Waals surface area contributed by atoms with Crippen molar-refractivity contribution in [1.82, 2.24) is 20.0 Å². The fourth-order valence-corrected chi connectivity index (χ4v) is 1.84. The van der Waals surface area contributed by atoms with Crippen molar-refractivity contribution in [1.29, 1.82) is 0 Å². The molecule has 2 amide bonds. The van der Waals surface area contributed by atoms with Gasteiger partial charge in [0.05, 0.1) is 12.2 Å². The lowest BCUT2D eigenvalue weighted by molar-refractivity contribution is 0.183. The van der Waals surface area contributed by atoms with E-state index in [-0.39, 0.29) is 6.03 Å². The Morgan fingerprint density at radius 2 is 2.40 bits per heavy atom. The van der Waals surface area contributed by atoms with Gasteiger partial charge in [-0.3, -0.25) is 4.68 Å². The second-order valence-corrected chi connectivity index (χ2v) is 3.92. The molecule has 0 unspecified atom stereocenters. The lowest BCUT2D eigenvalue weighted by Crippen LogP contribution is -2.45. The van der Waals surface area contributed by atoms with Gasteiger partial charge in [-0.15, -0.1) is 0 Å². The van der Waals surface area contributed by atoms with E-state index in [0.29, 0.717) is 6.54 Å². The summed E-state index contributed by atoms with van der Waals surface area (Å²) in [6.07, 6.45) is 2.99. The Labute approximate surface area is 89.1 Å². The van der Waals surface area contributed by atoms with E-state index in [2.05, 4.69) is 10.4 Å². The zero-order valence-corrected chi connectivity index (χ0v) is 9.16. The molecular formula is C10H16N4O. The molecule has 0 radical (unpaired) electrons. The average Bonchev–Trinajstić information content (AvgIpc) is 2.49. The van der Waals surface area contributed by atoms with Crippen LogP contribution in [-0.4, -0.2) is 33.8 Å². The number of hydrogen-bond acceptors (Lipinski definition) is 2. The van der Waals surface area contributed by atoms with Crippen molar-refractivity contribution in [3.8, 4) is 0 Å². The molecule has 1 N–H and O–H groups in total. The molecule has 1 saturated heterocycles. The molecule has 15 heavy (non-hydrogen) atoms. The molecule has 2 heterocycles. The number of nitrogens with one attached hydrogen (secondary N) is 1. The molecule has 5 nitrogen and oxygen atoms in total. The summed E-state index contributed by atoms with van der Waals surface area (Å²) in [4.78, 5) is 13.3. The van der Waals surface area contributed by atoms with Crippen LogP contribution >= 0.6 is 0 Å². The Bertz CT molecular complexity index is 371. The number of hydrogen-bond donors (Lipinski definition) is 1. The summed E-state index contributed by atoms with van der Waals surface area (Å²) >= 11 is 0. The van der Waals surface area contributed by atoms with Crippen LogP contribution in [-0.2, 0) is 13.6 Å². The molecule has 82 valence electrons. The first-order valence-electron chi connectivity index (χ1n) is 5.18. The number of urea groups is 1. The minimum absolute atomic E-state index is 0.0319. The molecule has 0 aromatic carbocycles. The number of aryl methyl sites for hydroxylation is 2. The van der Waals surface area contributed by atoms with Crippen LogP contribution in [0.4, 0.5) is 4.79 Å². The Kier molecular flexibility index (Phi) is 2.62. The van der Waals surface area contributed by atoms with Gasteiger partial charge in [0.25, 0.3) is 0 Å². The molecule has 5 heteroatoms. The molecule has 1 aromatic rings. The molecule has 2 rings (SSSR count). The van der Waals surface area contributed by atoms with Gasteiger partial charge in [0.1, 0.15) is 0 Å². The van der Waals surface area contributed by atoms with Crippen LogP contribution in [0.25, 0.3) is 0 Å². The van der Waals surface area contributed by atoms with E-state index in [9.17, 15) is 4.79 Å². The van der Waals surface area contributed by atoms with Crippen LogP contribution in [0.2, 0.25) is 0 Å². The van der Waals surface area contributed by atoms with Crippen molar-refractivity contribution in [3.05, 3.63) is 17.5 Å². The molecule has 0 bridgehead atoms. The summed E-state index contributed by atoms with van der Waals surface area (Å²) in [6.45, 7) is 4.25. The lowest BCUT2D eigenvalue weighted by atomic mass is 10.2. The van der Waals surface area contributed by atoms with E-state index in [4.69, 9.17) is 0 Å². The van der Waals surface area contributed by atoms with E-state index >= 15 is 0 Å². The maximum atomic E-state index is 11.5. The molecule has 1 aliphatic heterocycles. The van der Waals surface area contributed by atoms with Crippen LogP contribution in [0.3, 0.4) is 0 Å². The van der Waals surface area contributed by atoms with Crippen molar-refractivity contribution in [3.63, 3.8) is 0 Å². The highest BCUT2D eigenvalue weighted by molar-refractivity contribution is 5.74. The summed E-state index contributed by atoms with van der Waals surface area (Å²) < 4.78 is 1.78. The molecule has 0 spiro atoms. The van der Waals surface area contributed by atoms with Gasteiger partial charge in [-0.2, -0.15) is 5.10 Å². The van der Waals surface area contributed by atoms with Crippen LogP contribution in [0, 0.1) is 6.92 Å². The maximum Gasteiger partial charge on any atom is 0.317 e. The van der Waals surface area contributed by atoms with E-state index in [1.54, 1.807) is 4.68 Å². The van der Waals surface area contributed by atoms with Crippen LogP contribution in [0.1, 0.15) is 17.7 Å². The van der Waals surface area contributed by atoms with Gasteiger partial charge >= 0.3 is 6.03 Å². The Morgan fingerprint density at radius 3 is 3.00 bits per heavy atom. The predicted octanol–water partition coefficient (Wildman–Crippen LogP) is 0.644. The third-order valence-electron chi connectivity index (χ3n) is 2.64. The maximum absolute atomic E-state index is 11.5. The van der Waals surface area contributed by atoms with Crippen molar-refractivity contribution in [2.75, 3.05) is 13.1 Å². The Hall–Kier alpha value is -1.52. The predicted molar refractivity (Wildman–Crippen MR) is 56.4 cm³/mol. The van der Waals surface area contributed by atoms with Crippen molar-refractivity contribution < 1.29 is 4.79 Å². The van der Waals surface area contributed by atoms with Crippen LogP contribution < -0.4 is 5.32 Å². The number of carbonyl (C=O) groups is 1. The normalized spacial score (nSPS) is 16.7. The minimum Gasteiger partial charge on any atom is -0.338 e. The standard InChI is InChI=1S/C10H16N4O/c1-8-9(6-13(2)12-8)7-14-5-3-4-11-10(14)15/h6H,3-5,7H2,1-2H3,(H,11,15). The first kappa shape index (κ1) is 10.0. The zero-order valence-electron chi connectivity index (χ0n) is 9.16. The third kappa shape index (κ3) is 2.11. The monoisotopic (exact) mass is 208 g/mol. The number of aromatic nitrogens is 2. The Balaban J connectivity index is 2.07. The zero-order chi connectivity index (χ0) is 10.8. The molecule has 0 aliphatic carbocycles. The summed E-state index contributed by atoms with van der Waals surface area (Å²) in [5.41, 5.74) is 2.12. The van der Waals surface area contributed by atoms with Gasteiger partial charge in [0.15, 0.2) is 0 Å². The third-order valence-corrected chi connectivity index (χ3v) is 2.64. The van der Waals surface area contributed by atoms with Crippen LogP contribution in [0.15, 0.2) is 6.20 Å². The van der Waals surface area contributed by atoms with Crippen LogP contribution in [0.5, 0.6) is 0 Å². The second kappa shape index (κ2) is 3.92. The number of nitrogens with zero attached hydrogens (tertiary/aromatic N) is 3. The smallest absolute Gasteiger partial charge is 0.317 e. The van der Waals surface area contributed by atoms with Crippen molar-refractivity contribution in [2.24, 2.45) is 7.05 Å². The van der Waals surface area contributed by atoms with Gasteiger partial charge in [-0.05, 0) is 13.3 Å². The highest BCUT2D eigenvalue weighted by atomic mass is 16.2. The summed E-state index contributed by atoms with van der Waals surface area (Å²) in [5.74, 6) is 0. The fraction of sp³-hybridized carbons (Fsp3) is 0.600. The van der Waals surface area contributed by atoms with E-state index < -0.39 is 0 Å². The first-order chi connectivity index (χ1) is 7.16. The number of carbonyl (C=O) groups excluding carboxylic acids is 1. The molecule has 1 aliphatic rings. The van der Waals surface area contributed by atoms with Gasteiger partial charge in [-0.25, -0.2) is 4.79 Å². The van der Waals surface area contributed by atoms with Gasteiger partial charge in [-0.1, -0.05) is 0 Å². The first-order valence-corrected chi connectivity index (χ1v) is 5.18. The summed E-state index contributed by atoms with van der Waals surface area (Å²) in [7, 11) is 1.90. The topological polar surface area (TPSA) is 50.2 Å². The van der Waals surface area contributed by atoms with Crippen molar-refractivity contribution in [2.45, 2.75) is 19.9 Å². The minimum atomic E-state index is 0.0319. The number of amides is 2. The van der Waals surface area contributed by atoms with E-state index in [0.717, 1.165) is 30.8 Å². The summed E-state index contributed by atoms with van der Waals surface area (Å²) in [5, 5.41) is 7.10. The molecule has 0 saturated carbocycles. The summed E-state index contributed by atoms with van der Waals surface area (Å²) in [6, 6.07) is 0.0319. The van der Waals surface area contributed by atoms with Crippen molar-refractivity contribution >= 4 is 6.03 Å². The molecular weight excluding hydrogens is 192 g/mol. The quantitative estimate of drug-likeness (QED) is 0.775. The highest BCUT2D eigenvalue weighted by Gasteiger charge is 2.18. The molecule has 1 aromatic heterocycles. The van der Waals surface area contributed by atoms with Gasteiger partial charge in [0.2, 0.25) is 0 Å². The second-order valence-electron chi connectivity index (χ2n) is 3.92. The largest absolute Gasteiger partial charge is 0.338 e. The van der Waals surface area contributed by atoms with Gasteiger partial charge in [0, 0.05) is 31.9 Å². The fourth-order valence-electron chi connectivity index (χ4n) is 1.84. The number of rotatable bonds is 2. The average molecular weight is 208 g/mol. The van der Waals surface area contributed by atoms with E-state index in [1.807, 2.05) is 25.1 Å². The van der Waals surface area contributed by atoms with E-state index in [1.165, 1.54) is 0 Å². The lowest BCUT2D eigenvalue weighted by Gasteiger charge is -2.27. The highest BCUT2D eigenvalue weighted by Crippen LogP contribution is 2.10. The SMILES string of the molecule is Cc1nn(C)cc1CN1CCCNC1=O. The Morgan fingerprint density at radius 1 is 1.60 bits per heavy atom.